The van der Waals surface area contributed by atoms with Crippen molar-refractivity contribution in [2.75, 3.05) is 75.9 Å². The molecule has 1 aliphatic carbocycles. The molecule has 0 atom stereocenters. The minimum atomic E-state index is -0.833. The number of nitrogens with one attached hydrogen (secondary N) is 1. The highest BCUT2D eigenvalue weighted by Gasteiger charge is 2.45. The lowest BCUT2D eigenvalue weighted by Crippen LogP contribution is -2.50. The summed E-state index contributed by atoms with van der Waals surface area (Å²) in [5.41, 5.74) is -1.45. The summed E-state index contributed by atoms with van der Waals surface area (Å²) in [5, 5.41) is 13.8. The number of benzene rings is 2. The summed E-state index contributed by atoms with van der Waals surface area (Å²) in [4.78, 5) is 46.1. The molecule has 322 valence electrons. The summed E-state index contributed by atoms with van der Waals surface area (Å²) >= 11 is 7.74. The Labute approximate surface area is 360 Å². The van der Waals surface area contributed by atoms with Crippen LogP contribution in [-0.4, -0.2) is 114 Å². The molecule has 2 aromatic carbocycles. The monoisotopic (exact) mass is 876 g/mol. The van der Waals surface area contributed by atoms with Gasteiger partial charge in [0.2, 0.25) is 0 Å². The number of fused-ring (bicyclic) bond motifs is 3. The van der Waals surface area contributed by atoms with Crippen molar-refractivity contribution >= 4 is 78.0 Å². The number of amides is 2. The third-order valence-electron chi connectivity index (χ3n) is 10.8. The number of carbonyl (C=O) groups is 2. The SMILES string of the molecule is CC(C)(C)OC(=O)Nc1sc2c(F)ccc(-c3c(Cl)cc4cc5c(N6CCN(C(=O)OC(C)(C)C)CC6)nc(OCC6(CN7CCOCC7)CC6)nc5nc4c3F)c2c1C#N. The fraction of sp³-hybridized carbons (Fsp3) is 0.488. The van der Waals surface area contributed by atoms with Crippen LogP contribution in [-0.2, 0) is 14.2 Å². The van der Waals surface area contributed by atoms with Crippen molar-refractivity contribution in [2.45, 2.75) is 65.6 Å². The number of nitrogens with zero attached hydrogens (tertiary/aromatic N) is 7. The number of anilines is 2. The van der Waals surface area contributed by atoms with Gasteiger partial charge in [-0.2, -0.15) is 15.2 Å². The Morgan fingerprint density at radius 3 is 2.34 bits per heavy atom. The van der Waals surface area contributed by atoms with E-state index in [1.807, 2.05) is 25.7 Å². The van der Waals surface area contributed by atoms with Crippen LogP contribution in [0.5, 0.6) is 6.01 Å². The van der Waals surface area contributed by atoms with Crippen molar-refractivity contribution in [2.24, 2.45) is 5.41 Å². The molecule has 0 unspecified atom stereocenters. The van der Waals surface area contributed by atoms with Crippen molar-refractivity contribution in [3.8, 4) is 23.2 Å². The van der Waals surface area contributed by atoms with Gasteiger partial charge in [-0.15, -0.1) is 11.3 Å². The molecule has 0 spiro atoms. The van der Waals surface area contributed by atoms with E-state index in [0.717, 1.165) is 49.9 Å². The van der Waals surface area contributed by atoms with Crippen LogP contribution in [0.25, 0.3) is 43.1 Å². The summed E-state index contributed by atoms with van der Waals surface area (Å²) in [6, 6.07) is 7.96. The Bertz CT molecular complexity index is 2590. The van der Waals surface area contributed by atoms with Gasteiger partial charge in [-0.25, -0.2) is 23.4 Å². The first-order valence-electron chi connectivity index (χ1n) is 20.2. The summed E-state index contributed by atoms with van der Waals surface area (Å²) in [5.74, 6) is -0.968. The van der Waals surface area contributed by atoms with E-state index in [2.05, 4.69) is 16.3 Å². The number of aromatic nitrogens is 3. The molecule has 3 aromatic heterocycles. The van der Waals surface area contributed by atoms with Gasteiger partial charge in [0.1, 0.15) is 39.4 Å². The average molecular weight is 877 g/mol. The molecule has 1 saturated carbocycles. The molecule has 61 heavy (non-hydrogen) atoms. The molecule has 5 aromatic rings. The fourth-order valence-corrected chi connectivity index (χ4v) is 9.05. The van der Waals surface area contributed by atoms with Gasteiger partial charge in [0, 0.05) is 67.6 Å². The number of nitriles is 1. The molecule has 0 radical (unpaired) electrons. The normalized spacial score (nSPS) is 17.1. The molecule has 2 amide bonds. The third kappa shape index (κ3) is 9.09. The van der Waals surface area contributed by atoms with E-state index < -0.39 is 35.0 Å². The molecule has 3 fully saturated rings. The maximum atomic E-state index is 17.2. The standard InChI is InChI=1S/C43H47ClF2N8O6S/c1-41(2,3)59-39(55)51-37-27(21-47)30-25(7-8-29(45)34(30)61-37)31-28(44)20-24-19-26-35(48-33(24)32(31)46)49-38(58-23-43(9-10-43)22-52-15-17-57-18-16-52)50-36(26)53-11-13-54(14-12-53)40(56)60-42(4,5)6/h7-8,19-20H,9-18,22-23H2,1-6H3,(H,51,55). The van der Waals surface area contributed by atoms with Crippen LogP contribution in [0.3, 0.4) is 0 Å². The van der Waals surface area contributed by atoms with Gasteiger partial charge in [0.05, 0.1) is 40.5 Å². The number of rotatable bonds is 8. The van der Waals surface area contributed by atoms with Crippen molar-refractivity contribution in [1.29, 1.82) is 5.26 Å². The number of hydrogen-bond donors (Lipinski definition) is 1. The molecule has 1 N–H and O–H groups in total. The van der Waals surface area contributed by atoms with Crippen molar-refractivity contribution < 1.29 is 37.3 Å². The van der Waals surface area contributed by atoms with Crippen molar-refractivity contribution in [3.05, 3.63) is 46.5 Å². The zero-order chi connectivity index (χ0) is 43.4. The largest absolute Gasteiger partial charge is 0.463 e. The van der Waals surface area contributed by atoms with E-state index in [1.165, 1.54) is 6.07 Å². The summed E-state index contributed by atoms with van der Waals surface area (Å²) < 4.78 is 55.5. The highest BCUT2D eigenvalue weighted by atomic mass is 35.5. The summed E-state index contributed by atoms with van der Waals surface area (Å²) in [6.07, 6.45) is 0.775. The van der Waals surface area contributed by atoms with Gasteiger partial charge in [-0.1, -0.05) is 17.7 Å². The summed E-state index contributed by atoms with van der Waals surface area (Å²) in [6.45, 7) is 16.5. The lowest BCUT2D eigenvalue weighted by molar-refractivity contribution is 0.0231. The first-order chi connectivity index (χ1) is 28.9. The van der Waals surface area contributed by atoms with Crippen LogP contribution in [0, 0.1) is 28.4 Å². The molecule has 0 bridgehead atoms. The second-order valence-electron chi connectivity index (χ2n) is 17.8. The van der Waals surface area contributed by atoms with Crippen LogP contribution in [0.15, 0.2) is 24.3 Å². The van der Waals surface area contributed by atoms with Crippen LogP contribution in [0.2, 0.25) is 5.02 Å². The van der Waals surface area contributed by atoms with E-state index in [0.29, 0.717) is 62.6 Å². The van der Waals surface area contributed by atoms with Crippen LogP contribution in [0.4, 0.5) is 29.2 Å². The minimum Gasteiger partial charge on any atom is -0.463 e. The quantitative estimate of drug-likeness (QED) is 0.148. The first-order valence-corrected chi connectivity index (χ1v) is 21.4. The lowest BCUT2D eigenvalue weighted by atomic mass is 9.97. The van der Waals surface area contributed by atoms with Gasteiger partial charge in [-0.05, 0) is 78.1 Å². The molecule has 5 heterocycles. The van der Waals surface area contributed by atoms with Crippen LogP contribution in [0.1, 0.15) is 59.9 Å². The summed E-state index contributed by atoms with van der Waals surface area (Å²) in [7, 11) is 0. The highest BCUT2D eigenvalue weighted by molar-refractivity contribution is 7.23. The zero-order valence-electron chi connectivity index (χ0n) is 34.9. The molecule has 3 aliphatic rings. The fourth-order valence-electron chi connectivity index (χ4n) is 7.68. The van der Waals surface area contributed by atoms with Gasteiger partial charge >= 0.3 is 18.2 Å². The van der Waals surface area contributed by atoms with Gasteiger partial charge in [-0.3, -0.25) is 10.2 Å². The second-order valence-corrected chi connectivity index (χ2v) is 19.2. The smallest absolute Gasteiger partial charge is 0.412 e. The maximum Gasteiger partial charge on any atom is 0.412 e. The Balaban J connectivity index is 1.19. The highest BCUT2D eigenvalue weighted by Crippen LogP contribution is 2.48. The predicted molar refractivity (Wildman–Crippen MR) is 230 cm³/mol. The number of hydrogen-bond acceptors (Lipinski definition) is 13. The minimum absolute atomic E-state index is 0.0146. The first kappa shape index (κ1) is 42.5. The third-order valence-corrected chi connectivity index (χ3v) is 12.2. The lowest BCUT2D eigenvalue weighted by Gasteiger charge is -2.36. The molecule has 14 nitrogen and oxygen atoms in total. The second kappa shape index (κ2) is 16.3. The number of halogens is 3. The van der Waals surface area contributed by atoms with Crippen LogP contribution < -0.4 is 15.0 Å². The molecular weight excluding hydrogens is 830 g/mol. The number of piperazine rings is 1. The molecule has 18 heteroatoms. The van der Waals surface area contributed by atoms with E-state index >= 15 is 8.78 Å². The van der Waals surface area contributed by atoms with E-state index in [9.17, 15) is 14.9 Å². The Kier molecular flexibility index (Phi) is 11.4. The Morgan fingerprint density at radius 2 is 1.69 bits per heavy atom. The number of ether oxygens (including phenoxy) is 4. The molecule has 2 aliphatic heterocycles. The molecule has 2 saturated heterocycles. The van der Waals surface area contributed by atoms with Crippen LogP contribution >= 0.6 is 22.9 Å². The number of thiophene rings is 1. The predicted octanol–water partition coefficient (Wildman–Crippen LogP) is 8.76. The zero-order valence-corrected chi connectivity index (χ0v) is 36.5. The van der Waals surface area contributed by atoms with Gasteiger partial charge in [0.15, 0.2) is 11.5 Å². The van der Waals surface area contributed by atoms with E-state index in [4.69, 9.17) is 45.5 Å². The molecular formula is C43H47ClF2N8O6S. The van der Waals surface area contributed by atoms with E-state index in [1.54, 1.807) is 37.8 Å². The van der Waals surface area contributed by atoms with E-state index in [-0.39, 0.29) is 59.4 Å². The topological polar surface area (TPSA) is 155 Å². The number of morpholine rings is 1. The van der Waals surface area contributed by atoms with Gasteiger partial charge in [0.25, 0.3) is 0 Å². The number of carbonyl (C=O) groups excluding carboxylic acids is 2. The Morgan fingerprint density at radius 1 is 0.984 bits per heavy atom. The maximum absolute atomic E-state index is 17.2. The van der Waals surface area contributed by atoms with Crippen molar-refractivity contribution in [3.63, 3.8) is 0 Å². The van der Waals surface area contributed by atoms with Gasteiger partial charge < -0.3 is 28.7 Å². The Hall–Kier alpha value is -5.15. The molecule has 8 rings (SSSR count). The van der Waals surface area contributed by atoms with Crippen molar-refractivity contribution in [1.82, 2.24) is 24.8 Å². The number of pyridine rings is 1. The average Bonchev–Trinajstić information content (AvgIpc) is 3.86.